The highest BCUT2D eigenvalue weighted by Crippen LogP contribution is 2.44. The maximum absolute atomic E-state index is 13.6. The van der Waals surface area contributed by atoms with E-state index in [0.717, 1.165) is 29.5 Å². The topological polar surface area (TPSA) is 66.8 Å². The molecule has 0 amide bonds. The summed E-state index contributed by atoms with van der Waals surface area (Å²) in [4.78, 5) is 13.6. The first-order valence-electron chi connectivity index (χ1n) is 11.7. The van der Waals surface area contributed by atoms with Crippen LogP contribution in [0.3, 0.4) is 0 Å². The summed E-state index contributed by atoms with van der Waals surface area (Å²) < 4.78 is 6.47. The molecule has 0 saturated carbocycles. The molecular weight excluding hydrogens is 412 g/mol. The van der Waals surface area contributed by atoms with Crippen LogP contribution in [0.1, 0.15) is 57.3 Å². The van der Waals surface area contributed by atoms with Crippen molar-refractivity contribution >= 4 is 11.9 Å². The molecule has 2 N–H and O–H groups in total. The van der Waals surface area contributed by atoms with Gasteiger partial charge in [0.2, 0.25) is 0 Å². The second-order valence-corrected chi connectivity index (χ2v) is 9.51. The largest absolute Gasteiger partial charge is 0.508 e. The molecule has 4 nitrogen and oxygen atoms in total. The highest BCUT2D eigenvalue weighted by Gasteiger charge is 2.38. The Hall–Kier alpha value is -3.27. The molecule has 1 aliphatic heterocycles. The lowest BCUT2D eigenvalue weighted by atomic mass is 9.70. The van der Waals surface area contributed by atoms with Gasteiger partial charge in [-0.15, -0.1) is 0 Å². The van der Waals surface area contributed by atoms with Crippen molar-refractivity contribution in [1.82, 2.24) is 0 Å². The molecule has 0 aromatic heterocycles. The molecule has 0 bridgehead atoms. The Labute approximate surface area is 195 Å². The molecule has 172 valence electrons. The van der Waals surface area contributed by atoms with Crippen LogP contribution in [0.2, 0.25) is 0 Å². The molecule has 4 heteroatoms. The average molecular weight is 445 g/mol. The van der Waals surface area contributed by atoms with Gasteiger partial charge in [0.05, 0.1) is 6.42 Å². The molecule has 33 heavy (non-hydrogen) atoms. The van der Waals surface area contributed by atoms with E-state index in [2.05, 4.69) is 26.8 Å². The third kappa shape index (κ3) is 5.22. The lowest BCUT2D eigenvalue weighted by molar-refractivity contribution is -0.120. The lowest BCUT2D eigenvalue weighted by Crippen LogP contribution is -2.31. The quantitative estimate of drug-likeness (QED) is 0.502. The zero-order chi connectivity index (χ0) is 23.5. The number of phenolic OH excluding ortho intramolecular Hbond substituents is 2. The summed E-state index contributed by atoms with van der Waals surface area (Å²) in [6, 6.07) is 13.8. The molecule has 0 spiro atoms. The van der Waals surface area contributed by atoms with Gasteiger partial charge in [-0.3, -0.25) is 4.79 Å². The molecule has 3 unspecified atom stereocenters. The van der Waals surface area contributed by atoms with Gasteiger partial charge in [-0.1, -0.05) is 55.8 Å². The van der Waals surface area contributed by atoms with E-state index in [1.807, 2.05) is 24.3 Å². The standard InChI is InChI=1S/C29H32O4/c1-18(2)24-14-4-19(3)16-25(24)29-26(32)17-28(21-8-12-23(31)13-9-21)33-27(29)15-7-20-5-10-22(30)11-6-20/h5-13,15-16,18,24-25,28,30-31H,4,14,17H2,1-3H3. The molecule has 2 aromatic carbocycles. The third-order valence-electron chi connectivity index (χ3n) is 6.78. The van der Waals surface area contributed by atoms with Crippen molar-refractivity contribution in [2.45, 2.75) is 46.1 Å². The van der Waals surface area contributed by atoms with Crippen LogP contribution >= 0.6 is 0 Å². The van der Waals surface area contributed by atoms with Gasteiger partial charge in [0.15, 0.2) is 5.78 Å². The van der Waals surface area contributed by atoms with E-state index in [9.17, 15) is 15.0 Å². The SMILES string of the molecule is CC1=CC(C2=C(C=Cc3ccc(O)cc3)OC(c3ccc(O)cc3)CC2=O)C(C(C)C)CC1. The Kier molecular flexibility index (Phi) is 6.73. The molecule has 1 aliphatic carbocycles. The summed E-state index contributed by atoms with van der Waals surface area (Å²) in [6.45, 7) is 6.60. The van der Waals surface area contributed by atoms with Crippen molar-refractivity contribution in [2.75, 3.05) is 0 Å². The number of hydrogen-bond acceptors (Lipinski definition) is 4. The average Bonchev–Trinajstić information content (AvgIpc) is 2.78. The Balaban J connectivity index is 1.77. The van der Waals surface area contributed by atoms with E-state index in [0.29, 0.717) is 17.6 Å². The highest BCUT2D eigenvalue weighted by molar-refractivity contribution is 5.98. The molecule has 0 fully saturated rings. The predicted octanol–water partition coefficient (Wildman–Crippen LogP) is 6.72. The molecule has 3 atom stereocenters. The number of carbonyl (C=O) groups excluding carboxylic acids is 1. The molecule has 1 heterocycles. The number of aromatic hydroxyl groups is 2. The van der Waals surface area contributed by atoms with Crippen LogP contribution < -0.4 is 0 Å². The van der Waals surface area contributed by atoms with Crippen molar-refractivity contribution in [1.29, 1.82) is 0 Å². The first-order valence-corrected chi connectivity index (χ1v) is 11.7. The minimum Gasteiger partial charge on any atom is -0.508 e. The Morgan fingerprint density at radius 1 is 0.970 bits per heavy atom. The van der Waals surface area contributed by atoms with Crippen molar-refractivity contribution in [3.8, 4) is 11.5 Å². The van der Waals surface area contributed by atoms with E-state index in [4.69, 9.17) is 4.74 Å². The smallest absolute Gasteiger partial charge is 0.167 e. The molecule has 2 aliphatic rings. The third-order valence-corrected chi connectivity index (χ3v) is 6.78. The van der Waals surface area contributed by atoms with Gasteiger partial charge in [0, 0.05) is 11.5 Å². The van der Waals surface area contributed by atoms with E-state index >= 15 is 0 Å². The fourth-order valence-corrected chi connectivity index (χ4v) is 4.92. The predicted molar refractivity (Wildman–Crippen MR) is 131 cm³/mol. The van der Waals surface area contributed by atoms with Crippen LogP contribution in [0, 0.1) is 17.8 Å². The van der Waals surface area contributed by atoms with Crippen LogP contribution in [0.25, 0.3) is 6.08 Å². The van der Waals surface area contributed by atoms with Gasteiger partial charge in [-0.2, -0.15) is 0 Å². The number of benzene rings is 2. The Morgan fingerprint density at radius 3 is 2.24 bits per heavy atom. The van der Waals surface area contributed by atoms with Gasteiger partial charge in [0.1, 0.15) is 23.4 Å². The maximum Gasteiger partial charge on any atom is 0.167 e. The molecular formula is C29H32O4. The summed E-state index contributed by atoms with van der Waals surface area (Å²) >= 11 is 0. The number of rotatable bonds is 5. The van der Waals surface area contributed by atoms with Crippen LogP contribution in [-0.2, 0) is 9.53 Å². The maximum atomic E-state index is 13.6. The molecule has 4 rings (SSSR count). The first-order chi connectivity index (χ1) is 15.8. The van der Waals surface area contributed by atoms with Crippen LogP contribution in [0.4, 0.5) is 0 Å². The van der Waals surface area contributed by atoms with Gasteiger partial charge in [0.25, 0.3) is 0 Å². The van der Waals surface area contributed by atoms with Crippen molar-refractivity contribution in [2.24, 2.45) is 17.8 Å². The number of hydrogen-bond donors (Lipinski definition) is 2. The van der Waals surface area contributed by atoms with Gasteiger partial charge in [-0.05, 0) is 73.1 Å². The Bertz CT molecular complexity index is 1090. The second-order valence-electron chi connectivity index (χ2n) is 9.51. The molecule has 0 radical (unpaired) electrons. The fraction of sp³-hybridized carbons (Fsp3) is 0.345. The minimum absolute atomic E-state index is 0.0338. The van der Waals surface area contributed by atoms with Crippen LogP contribution in [0.15, 0.2) is 77.6 Å². The fourth-order valence-electron chi connectivity index (χ4n) is 4.92. The summed E-state index contributed by atoms with van der Waals surface area (Å²) in [5, 5.41) is 19.2. The zero-order valence-electron chi connectivity index (χ0n) is 19.5. The molecule has 2 aromatic rings. The summed E-state index contributed by atoms with van der Waals surface area (Å²) in [5.41, 5.74) is 3.86. The van der Waals surface area contributed by atoms with E-state index in [-0.39, 0.29) is 29.6 Å². The lowest BCUT2D eigenvalue weighted by Gasteiger charge is -2.37. The van der Waals surface area contributed by atoms with Crippen LogP contribution in [0.5, 0.6) is 11.5 Å². The zero-order valence-corrected chi connectivity index (χ0v) is 19.5. The summed E-state index contributed by atoms with van der Waals surface area (Å²) in [6.07, 6.45) is 8.10. The second kappa shape index (κ2) is 9.70. The van der Waals surface area contributed by atoms with Gasteiger partial charge >= 0.3 is 0 Å². The van der Waals surface area contributed by atoms with E-state index < -0.39 is 6.10 Å². The van der Waals surface area contributed by atoms with E-state index in [1.54, 1.807) is 36.4 Å². The number of ketones is 1. The molecule has 0 saturated heterocycles. The number of ether oxygens (including phenoxy) is 1. The minimum atomic E-state index is -0.396. The normalized spacial score (nSPS) is 23.7. The highest BCUT2D eigenvalue weighted by atomic mass is 16.5. The monoisotopic (exact) mass is 444 g/mol. The summed E-state index contributed by atoms with van der Waals surface area (Å²) in [7, 11) is 0. The number of Topliss-reactive ketones (excluding diaryl/α,β-unsaturated/α-hetero) is 1. The van der Waals surface area contributed by atoms with Crippen molar-refractivity contribution in [3.05, 3.63) is 88.7 Å². The number of carbonyl (C=O) groups is 1. The van der Waals surface area contributed by atoms with Crippen LogP contribution in [-0.4, -0.2) is 16.0 Å². The first kappa shape index (κ1) is 22.9. The van der Waals surface area contributed by atoms with Gasteiger partial charge in [-0.25, -0.2) is 0 Å². The van der Waals surface area contributed by atoms with Crippen molar-refractivity contribution < 1.29 is 19.7 Å². The summed E-state index contributed by atoms with van der Waals surface area (Å²) in [5.74, 6) is 2.01. The number of phenols is 2. The van der Waals surface area contributed by atoms with E-state index in [1.165, 1.54) is 5.57 Å². The number of allylic oxidation sites excluding steroid dienone is 4. The van der Waals surface area contributed by atoms with Crippen molar-refractivity contribution in [3.63, 3.8) is 0 Å². The van der Waals surface area contributed by atoms with Gasteiger partial charge < -0.3 is 14.9 Å². The Morgan fingerprint density at radius 2 is 1.61 bits per heavy atom.